The summed E-state index contributed by atoms with van der Waals surface area (Å²) in [4.78, 5) is 11.8. The lowest BCUT2D eigenvalue weighted by Gasteiger charge is -2.12. The Labute approximate surface area is 159 Å². The van der Waals surface area contributed by atoms with Crippen LogP contribution < -0.4 is 15.4 Å². The smallest absolute Gasteiger partial charge is 0.319 e. The fraction of sp³-hybridized carbons (Fsp3) is 0.278. The van der Waals surface area contributed by atoms with Crippen molar-refractivity contribution in [3.63, 3.8) is 0 Å². The molecular formula is C18H22ClN3O3S. The highest BCUT2D eigenvalue weighted by atomic mass is 35.5. The molecule has 2 aromatic carbocycles. The number of nitrogens with one attached hydrogen (secondary N) is 3. The molecule has 140 valence electrons. The number of carbonyl (C=O) groups excluding carboxylic acids is 1. The molecule has 0 saturated carbocycles. The summed E-state index contributed by atoms with van der Waals surface area (Å²) in [6.45, 7) is 5.54. The van der Waals surface area contributed by atoms with E-state index in [2.05, 4.69) is 15.4 Å². The van der Waals surface area contributed by atoms with Gasteiger partial charge in [-0.25, -0.2) is 17.9 Å². The molecule has 2 rings (SSSR count). The van der Waals surface area contributed by atoms with Gasteiger partial charge < -0.3 is 10.6 Å². The van der Waals surface area contributed by atoms with Gasteiger partial charge in [-0.2, -0.15) is 0 Å². The largest absolute Gasteiger partial charge is 0.336 e. The Bertz CT molecular complexity index is 881. The van der Waals surface area contributed by atoms with E-state index in [9.17, 15) is 13.2 Å². The molecule has 0 aliphatic rings. The molecule has 8 heteroatoms. The van der Waals surface area contributed by atoms with E-state index in [0.29, 0.717) is 16.3 Å². The van der Waals surface area contributed by atoms with E-state index in [0.717, 1.165) is 5.56 Å². The van der Waals surface area contributed by atoms with Crippen LogP contribution in [0.2, 0.25) is 5.02 Å². The van der Waals surface area contributed by atoms with Crippen LogP contribution in [0.1, 0.15) is 25.0 Å². The molecule has 0 bridgehead atoms. The predicted octanol–water partition coefficient (Wildman–Crippen LogP) is 3.66. The molecule has 6 nitrogen and oxygen atoms in total. The van der Waals surface area contributed by atoms with Crippen molar-refractivity contribution in [3.8, 4) is 0 Å². The van der Waals surface area contributed by atoms with E-state index in [-0.39, 0.29) is 23.5 Å². The summed E-state index contributed by atoms with van der Waals surface area (Å²) in [5, 5.41) is 5.84. The van der Waals surface area contributed by atoms with Crippen LogP contribution in [0.4, 0.5) is 10.5 Å². The third kappa shape index (κ3) is 5.45. The van der Waals surface area contributed by atoms with Gasteiger partial charge in [0, 0.05) is 23.3 Å². The maximum absolute atomic E-state index is 12.5. The summed E-state index contributed by atoms with van der Waals surface area (Å²) in [6, 6.07) is 11.5. The molecule has 0 fully saturated rings. The van der Waals surface area contributed by atoms with E-state index in [1.807, 2.05) is 13.8 Å². The second-order valence-electron chi connectivity index (χ2n) is 6.14. The van der Waals surface area contributed by atoms with Gasteiger partial charge in [0.05, 0.1) is 4.90 Å². The Morgan fingerprint density at radius 2 is 1.77 bits per heavy atom. The molecule has 0 saturated heterocycles. The zero-order valence-electron chi connectivity index (χ0n) is 14.8. The van der Waals surface area contributed by atoms with Gasteiger partial charge in [-0.1, -0.05) is 29.8 Å². The topological polar surface area (TPSA) is 87.3 Å². The van der Waals surface area contributed by atoms with Crippen LogP contribution in [0.15, 0.2) is 47.4 Å². The van der Waals surface area contributed by atoms with Gasteiger partial charge in [-0.15, -0.1) is 0 Å². The third-order valence-electron chi connectivity index (χ3n) is 3.61. The number of sulfonamides is 1. The average molecular weight is 396 g/mol. The maximum Gasteiger partial charge on any atom is 0.319 e. The first-order valence-corrected chi connectivity index (χ1v) is 9.96. The Kier molecular flexibility index (Phi) is 6.63. The lowest BCUT2D eigenvalue weighted by molar-refractivity contribution is 0.250. The lowest BCUT2D eigenvalue weighted by Crippen LogP contribution is -2.34. The summed E-state index contributed by atoms with van der Waals surface area (Å²) < 4.78 is 27.5. The normalized spacial score (nSPS) is 11.4. The highest BCUT2D eigenvalue weighted by molar-refractivity contribution is 7.89. The minimum atomic E-state index is -3.67. The van der Waals surface area contributed by atoms with Crippen LogP contribution in [0.5, 0.6) is 0 Å². The monoisotopic (exact) mass is 395 g/mol. The van der Waals surface area contributed by atoms with Crippen molar-refractivity contribution in [1.29, 1.82) is 0 Å². The van der Waals surface area contributed by atoms with E-state index >= 15 is 0 Å². The number of amides is 2. The van der Waals surface area contributed by atoms with Gasteiger partial charge >= 0.3 is 6.03 Å². The SMILES string of the molecule is Cc1c(Cl)cccc1S(=O)(=O)NCc1ccc(NC(=O)NC(C)C)cc1. The van der Waals surface area contributed by atoms with Crippen LogP contribution in [-0.2, 0) is 16.6 Å². The van der Waals surface area contributed by atoms with Gasteiger partial charge in [0.1, 0.15) is 0 Å². The van der Waals surface area contributed by atoms with Gasteiger partial charge in [0.25, 0.3) is 0 Å². The minimum Gasteiger partial charge on any atom is -0.336 e. The van der Waals surface area contributed by atoms with Gasteiger partial charge in [-0.05, 0) is 56.2 Å². The summed E-state index contributed by atoms with van der Waals surface area (Å²) in [7, 11) is -3.67. The molecule has 0 aromatic heterocycles. The van der Waals surface area contributed by atoms with Crippen molar-refractivity contribution >= 4 is 33.3 Å². The molecule has 0 unspecified atom stereocenters. The molecule has 2 aromatic rings. The first-order chi connectivity index (χ1) is 12.2. The zero-order valence-corrected chi connectivity index (χ0v) is 16.4. The van der Waals surface area contributed by atoms with Crippen molar-refractivity contribution in [1.82, 2.24) is 10.0 Å². The van der Waals surface area contributed by atoms with E-state index < -0.39 is 10.0 Å². The molecule has 0 spiro atoms. The van der Waals surface area contributed by atoms with E-state index in [4.69, 9.17) is 11.6 Å². The lowest BCUT2D eigenvalue weighted by atomic mass is 10.2. The first-order valence-electron chi connectivity index (χ1n) is 8.10. The molecule has 3 N–H and O–H groups in total. The number of hydrogen-bond donors (Lipinski definition) is 3. The van der Waals surface area contributed by atoms with Crippen LogP contribution in [0.3, 0.4) is 0 Å². The fourth-order valence-electron chi connectivity index (χ4n) is 2.27. The number of benzene rings is 2. The van der Waals surface area contributed by atoms with Crippen molar-refractivity contribution in [3.05, 3.63) is 58.6 Å². The van der Waals surface area contributed by atoms with Crippen LogP contribution in [0, 0.1) is 6.92 Å². The standard InChI is InChI=1S/C18H22ClN3O3S/c1-12(2)21-18(23)22-15-9-7-14(8-10-15)11-20-26(24,25)17-6-4-5-16(19)13(17)3/h4-10,12,20H,11H2,1-3H3,(H2,21,22,23). The summed E-state index contributed by atoms with van der Waals surface area (Å²) in [5.74, 6) is 0. The summed E-state index contributed by atoms with van der Waals surface area (Å²) in [5.41, 5.74) is 1.90. The molecule has 2 amide bonds. The first kappa shape index (κ1) is 20.2. The average Bonchev–Trinajstić information content (AvgIpc) is 2.56. The van der Waals surface area contributed by atoms with Gasteiger partial charge in [-0.3, -0.25) is 0 Å². The van der Waals surface area contributed by atoms with Crippen molar-refractivity contribution in [2.75, 3.05) is 5.32 Å². The predicted molar refractivity (Wildman–Crippen MR) is 104 cm³/mol. The fourth-order valence-corrected chi connectivity index (χ4v) is 3.78. The minimum absolute atomic E-state index is 0.0404. The van der Waals surface area contributed by atoms with Crippen molar-refractivity contribution in [2.24, 2.45) is 0 Å². The molecule has 0 aliphatic heterocycles. The number of halogens is 1. The summed E-state index contributed by atoms with van der Waals surface area (Å²) >= 11 is 6.00. The summed E-state index contributed by atoms with van der Waals surface area (Å²) in [6.07, 6.45) is 0. The second kappa shape index (κ2) is 8.53. The number of urea groups is 1. The molecule has 0 radical (unpaired) electrons. The maximum atomic E-state index is 12.5. The zero-order chi connectivity index (χ0) is 19.3. The van der Waals surface area contributed by atoms with Gasteiger partial charge in [0.15, 0.2) is 0 Å². The van der Waals surface area contributed by atoms with Crippen molar-refractivity contribution < 1.29 is 13.2 Å². The Morgan fingerprint density at radius 1 is 1.12 bits per heavy atom. The number of rotatable bonds is 6. The molecule has 0 atom stereocenters. The quantitative estimate of drug-likeness (QED) is 0.697. The van der Waals surface area contributed by atoms with Crippen LogP contribution in [-0.4, -0.2) is 20.5 Å². The Balaban J connectivity index is 2.01. The third-order valence-corrected chi connectivity index (χ3v) is 5.56. The molecule has 26 heavy (non-hydrogen) atoms. The number of anilines is 1. The molecular weight excluding hydrogens is 374 g/mol. The van der Waals surface area contributed by atoms with Gasteiger partial charge in [0.2, 0.25) is 10.0 Å². The second-order valence-corrected chi connectivity index (χ2v) is 8.28. The number of carbonyl (C=O) groups is 1. The van der Waals surface area contributed by atoms with E-state index in [1.54, 1.807) is 43.3 Å². The molecule has 0 aliphatic carbocycles. The van der Waals surface area contributed by atoms with E-state index in [1.165, 1.54) is 6.07 Å². The van der Waals surface area contributed by atoms with Crippen LogP contribution >= 0.6 is 11.6 Å². The van der Waals surface area contributed by atoms with Crippen molar-refractivity contribution in [2.45, 2.75) is 38.3 Å². The van der Waals surface area contributed by atoms with Crippen LogP contribution in [0.25, 0.3) is 0 Å². The number of hydrogen-bond acceptors (Lipinski definition) is 3. The highest BCUT2D eigenvalue weighted by Gasteiger charge is 2.17. The molecule has 0 heterocycles. The Morgan fingerprint density at radius 3 is 2.38 bits per heavy atom. The Hall–Kier alpha value is -2.09. The highest BCUT2D eigenvalue weighted by Crippen LogP contribution is 2.22.